The van der Waals surface area contributed by atoms with Gasteiger partial charge in [0, 0.05) is 18.3 Å². The number of aromatic nitrogens is 2. The molecule has 3 N–H and O–H groups in total. The molecule has 0 saturated heterocycles. The lowest BCUT2D eigenvalue weighted by atomic mass is 10.1. The molecule has 0 aliphatic rings. The second-order valence-electron chi connectivity index (χ2n) is 6.25. The zero-order chi connectivity index (χ0) is 15.4. The van der Waals surface area contributed by atoms with Gasteiger partial charge in [0.15, 0.2) is 0 Å². The molecule has 2 aromatic rings. The number of hydrogen-bond donors (Lipinski definition) is 2. The molecule has 0 unspecified atom stereocenters. The van der Waals surface area contributed by atoms with Gasteiger partial charge >= 0.3 is 0 Å². The van der Waals surface area contributed by atoms with Gasteiger partial charge in [-0.1, -0.05) is 27.7 Å². The van der Waals surface area contributed by atoms with Gasteiger partial charge in [-0.3, -0.25) is 4.90 Å². The summed E-state index contributed by atoms with van der Waals surface area (Å²) in [7, 11) is 0. The highest BCUT2D eigenvalue weighted by atomic mass is 15.2. The number of anilines is 1. The van der Waals surface area contributed by atoms with Crippen LogP contribution < -0.4 is 5.73 Å². The number of H-pyrrole nitrogens is 1. The Hall–Kier alpha value is -1.55. The number of nitrogens with two attached hydrogens (primary N) is 1. The van der Waals surface area contributed by atoms with Gasteiger partial charge in [0.05, 0.1) is 17.6 Å². The third kappa shape index (κ3) is 3.97. The van der Waals surface area contributed by atoms with E-state index in [9.17, 15) is 0 Å². The normalized spacial score (nSPS) is 12.1. The second-order valence-corrected chi connectivity index (χ2v) is 6.25. The first-order chi connectivity index (χ1) is 10.0. The van der Waals surface area contributed by atoms with E-state index in [2.05, 4.69) is 37.6 Å². The molecule has 0 radical (unpaired) electrons. The van der Waals surface area contributed by atoms with Gasteiger partial charge in [-0.05, 0) is 37.0 Å². The molecule has 1 heterocycles. The van der Waals surface area contributed by atoms with Crippen molar-refractivity contribution in [3.05, 3.63) is 24.0 Å². The number of fused-ring (bicyclic) bond motifs is 1. The van der Waals surface area contributed by atoms with E-state index in [4.69, 9.17) is 10.7 Å². The minimum atomic E-state index is 0.616. The van der Waals surface area contributed by atoms with Gasteiger partial charge in [0.1, 0.15) is 5.82 Å². The van der Waals surface area contributed by atoms with Crippen molar-refractivity contribution in [2.45, 2.75) is 53.1 Å². The third-order valence-electron chi connectivity index (χ3n) is 3.97. The fourth-order valence-electron chi connectivity index (χ4n) is 2.96. The highest BCUT2D eigenvalue weighted by molar-refractivity contribution is 5.78. The fourth-order valence-corrected chi connectivity index (χ4v) is 2.96. The molecule has 1 aromatic carbocycles. The summed E-state index contributed by atoms with van der Waals surface area (Å²) < 4.78 is 0. The number of nitrogen functional groups attached to an aromatic ring is 1. The molecule has 0 aliphatic heterocycles. The molecule has 1 aromatic heterocycles. The van der Waals surface area contributed by atoms with Crippen LogP contribution in [0.4, 0.5) is 5.69 Å². The Morgan fingerprint density at radius 1 is 1.24 bits per heavy atom. The molecule has 116 valence electrons. The molecule has 21 heavy (non-hydrogen) atoms. The molecule has 0 spiro atoms. The Balaban J connectivity index is 2.20. The van der Waals surface area contributed by atoms with E-state index in [1.807, 2.05) is 18.2 Å². The van der Waals surface area contributed by atoms with E-state index in [-0.39, 0.29) is 0 Å². The number of aromatic amines is 1. The van der Waals surface area contributed by atoms with E-state index in [0.29, 0.717) is 12.0 Å². The number of nitrogens with zero attached hydrogens (tertiary/aromatic N) is 2. The lowest BCUT2D eigenvalue weighted by Gasteiger charge is -2.31. The quantitative estimate of drug-likeness (QED) is 0.762. The van der Waals surface area contributed by atoms with Crippen LogP contribution in [0.5, 0.6) is 0 Å². The Morgan fingerprint density at radius 3 is 2.57 bits per heavy atom. The summed E-state index contributed by atoms with van der Waals surface area (Å²) in [6.45, 7) is 11.1. The van der Waals surface area contributed by atoms with Crippen molar-refractivity contribution in [2.75, 3.05) is 12.3 Å². The molecular weight excluding hydrogens is 260 g/mol. The lowest BCUT2D eigenvalue weighted by molar-refractivity contribution is 0.154. The zero-order valence-electron chi connectivity index (χ0n) is 13.7. The van der Waals surface area contributed by atoms with E-state index in [1.165, 1.54) is 12.8 Å². The van der Waals surface area contributed by atoms with Crippen molar-refractivity contribution in [2.24, 2.45) is 5.92 Å². The van der Waals surface area contributed by atoms with Crippen LogP contribution >= 0.6 is 0 Å². The summed E-state index contributed by atoms with van der Waals surface area (Å²) in [4.78, 5) is 10.7. The van der Waals surface area contributed by atoms with Gasteiger partial charge in [0.25, 0.3) is 0 Å². The first-order valence-corrected chi connectivity index (χ1v) is 8.01. The maximum absolute atomic E-state index is 5.83. The van der Waals surface area contributed by atoms with Crippen molar-refractivity contribution >= 4 is 16.7 Å². The lowest BCUT2D eigenvalue weighted by Crippen LogP contribution is -2.37. The maximum atomic E-state index is 5.83. The van der Waals surface area contributed by atoms with Crippen LogP contribution in [0.2, 0.25) is 0 Å². The number of benzene rings is 1. The highest BCUT2D eigenvalue weighted by Gasteiger charge is 2.18. The average Bonchev–Trinajstić information content (AvgIpc) is 2.80. The standard InChI is InChI=1S/C17H28N4/c1-5-14(6-2)21(10-12(3)4)11-17-19-15-8-7-13(18)9-16(15)20-17/h7-9,12,14H,5-6,10-11,18H2,1-4H3,(H,19,20). The number of hydrogen-bond acceptors (Lipinski definition) is 3. The van der Waals surface area contributed by atoms with Crippen LogP contribution in [0, 0.1) is 5.92 Å². The van der Waals surface area contributed by atoms with Crippen molar-refractivity contribution in [1.82, 2.24) is 14.9 Å². The van der Waals surface area contributed by atoms with Crippen molar-refractivity contribution < 1.29 is 0 Å². The smallest absolute Gasteiger partial charge is 0.121 e. The minimum Gasteiger partial charge on any atom is -0.399 e. The minimum absolute atomic E-state index is 0.616. The number of rotatable bonds is 7. The van der Waals surface area contributed by atoms with E-state index in [1.54, 1.807) is 0 Å². The largest absolute Gasteiger partial charge is 0.399 e. The summed E-state index contributed by atoms with van der Waals surface area (Å²) in [6.07, 6.45) is 2.35. The zero-order valence-corrected chi connectivity index (χ0v) is 13.7. The molecule has 0 atom stereocenters. The Labute approximate surface area is 127 Å². The summed E-state index contributed by atoms with van der Waals surface area (Å²) in [6, 6.07) is 6.45. The molecule has 0 aliphatic carbocycles. The predicted molar refractivity (Wildman–Crippen MR) is 90.1 cm³/mol. The van der Waals surface area contributed by atoms with Gasteiger partial charge in [-0.25, -0.2) is 4.98 Å². The van der Waals surface area contributed by atoms with E-state index in [0.717, 1.165) is 35.6 Å². The predicted octanol–water partition coefficient (Wildman–Crippen LogP) is 3.79. The summed E-state index contributed by atoms with van der Waals surface area (Å²) in [5, 5.41) is 0. The fraction of sp³-hybridized carbons (Fsp3) is 0.588. The molecular formula is C17H28N4. The van der Waals surface area contributed by atoms with Crippen molar-refractivity contribution in [3.63, 3.8) is 0 Å². The summed E-state index contributed by atoms with van der Waals surface area (Å²) in [5.41, 5.74) is 8.63. The highest BCUT2D eigenvalue weighted by Crippen LogP contribution is 2.18. The second kappa shape index (κ2) is 6.94. The van der Waals surface area contributed by atoms with Crippen LogP contribution in [-0.2, 0) is 6.54 Å². The van der Waals surface area contributed by atoms with Crippen LogP contribution in [0.25, 0.3) is 11.0 Å². The van der Waals surface area contributed by atoms with Gasteiger partial charge in [-0.2, -0.15) is 0 Å². The van der Waals surface area contributed by atoms with Crippen LogP contribution in [0.15, 0.2) is 18.2 Å². The first-order valence-electron chi connectivity index (χ1n) is 8.01. The van der Waals surface area contributed by atoms with E-state index >= 15 is 0 Å². The molecule has 4 nitrogen and oxygen atoms in total. The maximum Gasteiger partial charge on any atom is 0.121 e. The van der Waals surface area contributed by atoms with Crippen LogP contribution in [0.1, 0.15) is 46.4 Å². The third-order valence-corrected chi connectivity index (χ3v) is 3.97. The van der Waals surface area contributed by atoms with Crippen LogP contribution in [-0.4, -0.2) is 27.5 Å². The monoisotopic (exact) mass is 288 g/mol. The number of nitrogens with one attached hydrogen (secondary N) is 1. The molecule has 0 amide bonds. The Morgan fingerprint density at radius 2 is 1.95 bits per heavy atom. The summed E-state index contributed by atoms with van der Waals surface area (Å²) >= 11 is 0. The van der Waals surface area contributed by atoms with Crippen molar-refractivity contribution in [1.29, 1.82) is 0 Å². The van der Waals surface area contributed by atoms with Gasteiger partial charge < -0.3 is 10.7 Å². The molecule has 0 bridgehead atoms. The number of imidazole rings is 1. The Kier molecular flexibility index (Phi) is 5.23. The van der Waals surface area contributed by atoms with E-state index < -0.39 is 0 Å². The van der Waals surface area contributed by atoms with Crippen molar-refractivity contribution in [3.8, 4) is 0 Å². The van der Waals surface area contributed by atoms with Gasteiger partial charge in [-0.15, -0.1) is 0 Å². The summed E-state index contributed by atoms with van der Waals surface area (Å²) in [5.74, 6) is 1.69. The molecule has 2 rings (SSSR count). The molecule has 0 saturated carbocycles. The topological polar surface area (TPSA) is 57.9 Å². The SMILES string of the molecule is CCC(CC)N(Cc1nc2ccc(N)cc2[nH]1)CC(C)C. The van der Waals surface area contributed by atoms with Crippen LogP contribution in [0.3, 0.4) is 0 Å². The molecule has 0 fully saturated rings. The average molecular weight is 288 g/mol. The van der Waals surface area contributed by atoms with Gasteiger partial charge in [0.2, 0.25) is 0 Å². The first kappa shape index (κ1) is 15.8. The Bertz CT molecular complexity index is 569. The molecule has 4 heteroatoms.